The first-order chi connectivity index (χ1) is 5.15. The average Bonchev–Trinajstić information content (AvgIpc) is 1.97. The van der Waals surface area contributed by atoms with Crippen LogP contribution < -0.4 is 0 Å². The van der Waals surface area contributed by atoms with E-state index < -0.39 is 0 Å². The molecule has 0 aliphatic carbocycles. The van der Waals surface area contributed by atoms with Crippen molar-refractivity contribution in [3.8, 4) is 5.75 Å². The van der Waals surface area contributed by atoms with Gasteiger partial charge in [0.25, 0.3) is 0 Å². The molecule has 60 valence electrons. The molecule has 0 aromatic heterocycles. The van der Waals surface area contributed by atoms with Crippen LogP contribution in [0.4, 0.5) is 0 Å². The molecule has 0 aliphatic heterocycles. The minimum absolute atomic E-state index is 0.350. The number of rotatable bonds is 1. The van der Waals surface area contributed by atoms with Crippen LogP contribution in [0.25, 0.3) is 0 Å². The molecule has 0 heterocycles. The Balaban J connectivity index is 3.21. The molecular weight excluding hydrogens is 156 g/mol. The Kier molecular flexibility index (Phi) is 2.45. The first-order valence-corrected chi connectivity index (χ1v) is 4.18. The highest BCUT2D eigenvalue weighted by molar-refractivity contribution is 7.79. The molecule has 1 N–H and O–H groups in total. The molecule has 0 saturated heterocycles. The fourth-order valence-electron chi connectivity index (χ4n) is 0.987. The van der Waals surface area contributed by atoms with Crippen molar-refractivity contribution < 1.29 is 5.11 Å². The van der Waals surface area contributed by atoms with Gasteiger partial charge in [0.2, 0.25) is 0 Å². The van der Waals surface area contributed by atoms with Crippen LogP contribution in [-0.4, -0.2) is 5.11 Å². The van der Waals surface area contributed by atoms with E-state index in [2.05, 4.69) is 12.6 Å². The van der Waals surface area contributed by atoms with Crippen molar-refractivity contribution in [2.45, 2.75) is 19.6 Å². The van der Waals surface area contributed by atoms with E-state index in [4.69, 9.17) is 0 Å². The molecule has 0 saturated carbocycles. The Bertz CT molecular complexity index is 269. The maximum atomic E-state index is 9.37. The minimum atomic E-state index is 0.350. The third-order valence-corrected chi connectivity index (χ3v) is 2.21. The molecule has 1 aromatic carbocycles. The summed E-state index contributed by atoms with van der Waals surface area (Å²) in [4.78, 5) is 0. The van der Waals surface area contributed by atoms with Gasteiger partial charge in [0.15, 0.2) is 0 Å². The van der Waals surface area contributed by atoms with Crippen LogP contribution in [0.15, 0.2) is 12.1 Å². The first kappa shape index (κ1) is 8.47. The van der Waals surface area contributed by atoms with Gasteiger partial charge < -0.3 is 5.11 Å². The highest BCUT2D eigenvalue weighted by atomic mass is 32.1. The van der Waals surface area contributed by atoms with Crippen molar-refractivity contribution in [3.63, 3.8) is 0 Å². The Morgan fingerprint density at radius 2 is 1.82 bits per heavy atom. The van der Waals surface area contributed by atoms with Crippen LogP contribution in [0.2, 0.25) is 0 Å². The number of phenolic OH excluding ortho intramolecular Hbond substituents is 1. The van der Waals surface area contributed by atoms with E-state index >= 15 is 0 Å². The van der Waals surface area contributed by atoms with Gasteiger partial charge in [-0.15, -0.1) is 0 Å². The van der Waals surface area contributed by atoms with Crippen molar-refractivity contribution in [2.24, 2.45) is 0 Å². The summed E-state index contributed by atoms with van der Waals surface area (Å²) in [6.45, 7) is 4.01. The molecule has 0 atom stereocenters. The topological polar surface area (TPSA) is 20.2 Å². The molecule has 0 amide bonds. The summed E-state index contributed by atoms with van der Waals surface area (Å²) in [7, 11) is 0. The zero-order valence-electron chi connectivity index (χ0n) is 6.76. The van der Waals surface area contributed by atoms with Gasteiger partial charge in [0.05, 0.1) is 0 Å². The maximum absolute atomic E-state index is 9.37. The summed E-state index contributed by atoms with van der Waals surface area (Å²) in [6, 6.07) is 3.75. The lowest BCUT2D eigenvalue weighted by atomic mass is 10.1. The van der Waals surface area contributed by atoms with Crippen molar-refractivity contribution in [2.75, 3.05) is 0 Å². The predicted molar refractivity (Wildman–Crippen MR) is 50.3 cm³/mol. The molecule has 0 unspecified atom stereocenters. The second-order valence-corrected chi connectivity index (χ2v) is 3.04. The quantitative estimate of drug-likeness (QED) is 0.617. The molecule has 1 aromatic rings. The molecule has 0 spiro atoms. The summed E-state index contributed by atoms with van der Waals surface area (Å²) in [5.41, 5.74) is 3.22. The molecule has 2 heteroatoms. The van der Waals surface area contributed by atoms with Crippen LogP contribution in [0.3, 0.4) is 0 Å². The zero-order valence-corrected chi connectivity index (χ0v) is 7.65. The van der Waals surface area contributed by atoms with Gasteiger partial charge in [-0.3, -0.25) is 0 Å². The molecule has 11 heavy (non-hydrogen) atoms. The Morgan fingerprint density at radius 1 is 1.27 bits per heavy atom. The number of benzene rings is 1. The maximum Gasteiger partial charge on any atom is 0.119 e. The number of aromatic hydroxyl groups is 1. The van der Waals surface area contributed by atoms with E-state index in [1.54, 1.807) is 6.07 Å². The largest absolute Gasteiger partial charge is 0.508 e. The predicted octanol–water partition coefficient (Wildman–Crippen LogP) is 2.44. The third kappa shape index (κ3) is 1.69. The lowest BCUT2D eigenvalue weighted by Gasteiger charge is -2.05. The number of hydrogen-bond donors (Lipinski definition) is 2. The summed E-state index contributed by atoms with van der Waals surface area (Å²) in [5, 5.41) is 9.37. The Hall–Kier alpha value is -0.630. The number of phenols is 1. The van der Waals surface area contributed by atoms with Crippen LogP contribution in [0.1, 0.15) is 16.7 Å². The first-order valence-electron chi connectivity index (χ1n) is 3.55. The normalized spacial score (nSPS) is 10.1. The Morgan fingerprint density at radius 3 is 2.36 bits per heavy atom. The average molecular weight is 168 g/mol. The fourth-order valence-corrected chi connectivity index (χ4v) is 1.24. The van der Waals surface area contributed by atoms with Gasteiger partial charge in [0.1, 0.15) is 5.75 Å². The second kappa shape index (κ2) is 3.18. The highest BCUT2D eigenvalue weighted by Gasteiger charge is 2.01. The number of aryl methyl sites for hydroxylation is 2. The number of thiol groups is 1. The van der Waals surface area contributed by atoms with Crippen molar-refractivity contribution in [1.29, 1.82) is 0 Å². The molecule has 0 bridgehead atoms. The van der Waals surface area contributed by atoms with Gasteiger partial charge in [-0.2, -0.15) is 12.6 Å². The lowest BCUT2D eigenvalue weighted by molar-refractivity contribution is 0.470. The summed E-state index contributed by atoms with van der Waals surface area (Å²) in [6.07, 6.45) is 0. The van der Waals surface area contributed by atoms with Gasteiger partial charge in [-0.25, -0.2) is 0 Å². The van der Waals surface area contributed by atoms with Crippen molar-refractivity contribution in [3.05, 3.63) is 28.8 Å². The van der Waals surface area contributed by atoms with Gasteiger partial charge >= 0.3 is 0 Å². The fraction of sp³-hybridized carbons (Fsp3) is 0.333. The molecule has 1 rings (SSSR count). The molecule has 0 fully saturated rings. The van der Waals surface area contributed by atoms with E-state index in [1.807, 2.05) is 19.9 Å². The monoisotopic (exact) mass is 168 g/mol. The smallest absolute Gasteiger partial charge is 0.119 e. The van der Waals surface area contributed by atoms with Gasteiger partial charge in [0, 0.05) is 11.3 Å². The minimum Gasteiger partial charge on any atom is -0.508 e. The van der Waals surface area contributed by atoms with Crippen LogP contribution in [0.5, 0.6) is 5.75 Å². The van der Waals surface area contributed by atoms with Crippen molar-refractivity contribution in [1.82, 2.24) is 0 Å². The van der Waals surface area contributed by atoms with E-state index in [0.717, 1.165) is 11.1 Å². The highest BCUT2D eigenvalue weighted by Crippen LogP contribution is 2.22. The summed E-state index contributed by atoms with van der Waals surface area (Å²) >= 11 is 4.10. The lowest BCUT2D eigenvalue weighted by Crippen LogP contribution is -1.85. The van der Waals surface area contributed by atoms with E-state index in [9.17, 15) is 5.11 Å². The zero-order chi connectivity index (χ0) is 8.43. The van der Waals surface area contributed by atoms with Crippen LogP contribution in [0, 0.1) is 13.8 Å². The third-order valence-electron chi connectivity index (χ3n) is 1.87. The second-order valence-electron chi connectivity index (χ2n) is 2.72. The summed E-state index contributed by atoms with van der Waals surface area (Å²) < 4.78 is 0. The van der Waals surface area contributed by atoms with Crippen molar-refractivity contribution >= 4 is 12.6 Å². The number of hydrogen-bond acceptors (Lipinski definition) is 2. The van der Waals surface area contributed by atoms with E-state index in [1.165, 1.54) is 5.56 Å². The molecular formula is C9H12OS. The molecule has 0 radical (unpaired) electrons. The molecule has 0 aliphatic rings. The Labute approximate surface area is 72.5 Å². The van der Waals surface area contributed by atoms with E-state index in [-0.39, 0.29) is 0 Å². The standard InChI is InChI=1S/C9H12OS/c1-6-3-8(5-11)9(10)4-7(6)2/h3-4,10-11H,5H2,1-2H3. The van der Waals surface area contributed by atoms with E-state index in [0.29, 0.717) is 11.5 Å². The summed E-state index contributed by atoms with van der Waals surface area (Å²) in [5.74, 6) is 0.940. The SMILES string of the molecule is Cc1cc(O)c(CS)cc1C. The van der Waals surface area contributed by atoms with Crippen LogP contribution >= 0.6 is 12.6 Å². The molecule has 1 nitrogen and oxygen atoms in total. The van der Waals surface area contributed by atoms with Crippen LogP contribution in [-0.2, 0) is 5.75 Å². The van der Waals surface area contributed by atoms with Gasteiger partial charge in [-0.05, 0) is 31.0 Å². The van der Waals surface area contributed by atoms with Gasteiger partial charge in [-0.1, -0.05) is 6.07 Å².